The van der Waals surface area contributed by atoms with Gasteiger partial charge in [0.15, 0.2) is 0 Å². The van der Waals surface area contributed by atoms with E-state index in [1.807, 2.05) is 26.0 Å². The van der Waals surface area contributed by atoms with Crippen molar-refractivity contribution in [2.24, 2.45) is 4.99 Å². The van der Waals surface area contributed by atoms with Crippen LogP contribution in [-0.2, 0) is 4.79 Å². The van der Waals surface area contributed by atoms with E-state index in [4.69, 9.17) is 0 Å². The SMILES string of the molecule is Cc1ccnc(NC(=O)C(C)SC2=NCCS2)c1. The summed E-state index contributed by atoms with van der Waals surface area (Å²) in [4.78, 5) is 20.4. The zero-order valence-corrected chi connectivity index (χ0v) is 12.0. The highest BCUT2D eigenvalue weighted by molar-refractivity contribution is 8.39. The lowest BCUT2D eigenvalue weighted by Gasteiger charge is -2.11. The molecule has 1 aliphatic heterocycles. The first-order chi connectivity index (χ1) is 8.65. The van der Waals surface area contributed by atoms with E-state index in [0.717, 1.165) is 22.2 Å². The number of amides is 1. The molecule has 0 radical (unpaired) electrons. The molecule has 2 heterocycles. The molecule has 1 N–H and O–H groups in total. The molecule has 0 saturated carbocycles. The van der Waals surface area contributed by atoms with Crippen LogP contribution < -0.4 is 5.32 Å². The summed E-state index contributed by atoms with van der Waals surface area (Å²) < 4.78 is 1.01. The van der Waals surface area contributed by atoms with Gasteiger partial charge in [-0.3, -0.25) is 9.79 Å². The molecule has 1 atom stereocenters. The minimum Gasteiger partial charge on any atom is -0.310 e. The summed E-state index contributed by atoms with van der Waals surface area (Å²) >= 11 is 3.23. The highest BCUT2D eigenvalue weighted by Gasteiger charge is 2.19. The van der Waals surface area contributed by atoms with E-state index in [1.54, 1.807) is 18.0 Å². The second-order valence-electron chi connectivity index (χ2n) is 3.96. The second-order valence-corrected chi connectivity index (χ2v) is 6.64. The first-order valence-corrected chi connectivity index (χ1v) is 7.59. The van der Waals surface area contributed by atoms with Gasteiger partial charge in [0.2, 0.25) is 5.91 Å². The van der Waals surface area contributed by atoms with Gasteiger partial charge in [0, 0.05) is 11.9 Å². The molecule has 0 aliphatic carbocycles. The Bertz CT molecular complexity index is 476. The number of carbonyl (C=O) groups excluding carboxylic acids is 1. The van der Waals surface area contributed by atoms with Gasteiger partial charge in [-0.1, -0.05) is 23.5 Å². The van der Waals surface area contributed by atoms with E-state index in [0.29, 0.717) is 5.82 Å². The summed E-state index contributed by atoms with van der Waals surface area (Å²) in [7, 11) is 0. The number of aliphatic imine (C=N–C) groups is 1. The van der Waals surface area contributed by atoms with Crippen molar-refractivity contribution in [2.75, 3.05) is 17.6 Å². The van der Waals surface area contributed by atoms with Gasteiger partial charge in [0.25, 0.3) is 0 Å². The van der Waals surface area contributed by atoms with Crippen LogP contribution in [0.2, 0.25) is 0 Å². The standard InChI is InChI=1S/C12H15N3OS2/c1-8-3-4-13-10(7-8)15-11(16)9(2)18-12-14-5-6-17-12/h3-4,7,9H,5-6H2,1-2H3,(H,13,15,16). The van der Waals surface area contributed by atoms with Gasteiger partial charge in [-0.05, 0) is 31.5 Å². The molecule has 1 aromatic heterocycles. The smallest absolute Gasteiger partial charge is 0.238 e. The Labute approximate surface area is 115 Å². The van der Waals surface area contributed by atoms with Crippen LogP contribution in [0.3, 0.4) is 0 Å². The van der Waals surface area contributed by atoms with Gasteiger partial charge in [-0.15, -0.1) is 0 Å². The number of anilines is 1. The Morgan fingerprint density at radius 1 is 1.61 bits per heavy atom. The molecular weight excluding hydrogens is 266 g/mol. The largest absolute Gasteiger partial charge is 0.310 e. The number of nitrogens with zero attached hydrogens (tertiary/aromatic N) is 2. The molecule has 1 aliphatic rings. The lowest BCUT2D eigenvalue weighted by atomic mass is 10.3. The van der Waals surface area contributed by atoms with Gasteiger partial charge >= 0.3 is 0 Å². The molecule has 2 rings (SSSR count). The maximum absolute atomic E-state index is 12.0. The molecule has 0 aromatic carbocycles. The molecule has 6 heteroatoms. The molecule has 0 fully saturated rings. The van der Waals surface area contributed by atoms with Gasteiger partial charge < -0.3 is 5.32 Å². The fraction of sp³-hybridized carbons (Fsp3) is 0.417. The minimum absolute atomic E-state index is 0.0340. The highest BCUT2D eigenvalue weighted by atomic mass is 32.2. The van der Waals surface area contributed by atoms with Crippen LogP contribution in [0.25, 0.3) is 0 Å². The molecule has 4 nitrogen and oxygen atoms in total. The zero-order chi connectivity index (χ0) is 13.0. The number of rotatable bonds is 3. The van der Waals surface area contributed by atoms with E-state index >= 15 is 0 Å². The Morgan fingerprint density at radius 2 is 2.44 bits per heavy atom. The van der Waals surface area contributed by atoms with Crippen molar-refractivity contribution in [3.05, 3.63) is 23.9 Å². The molecule has 96 valence electrons. The van der Waals surface area contributed by atoms with Gasteiger partial charge in [-0.25, -0.2) is 4.98 Å². The van der Waals surface area contributed by atoms with Crippen molar-refractivity contribution in [2.45, 2.75) is 19.1 Å². The zero-order valence-electron chi connectivity index (χ0n) is 10.3. The molecule has 0 spiro atoms. The number of thioether (sulfide) groups is 2. The minimum atomic E-state index is -0.156. The molecule has 0 bridgehead atoms. The van der Waals surface area contributed by atoms with E-state index in [2.05, 4.69) is 15.3 Å². The van der Waals surface area contributed by atoms with Crippen LogP contribution in [0.5, 0.6) is 0 Å². The summed E-state index contributed by atoms with van der Waals surface area (Å²) in [5.74, 6) is 1.59. The van der Waals surface area contributed by atoms with Crippen LogP contribution in [-0.4, -0.2) is 32.8 Å². The van der Waals surface area contributed by atoms with Gasteiger partial charge in [0.1, 0.15) is 10.2 Å². The molecule has 1 amide bonds. The third kappa shape index (κ3) is 3.74. The van der Waals surface area contributed by atoms with Crippen molar-refractivity contribution in [3.8, 4) is 0 Å². The fourth-order valence-corrected chi connectivity index (χ4v) is 3.55. The van der Waals surface area contributed by atoms with Crippen LogP contribution in [0.4, 0.5) is 5.82 Å². The average molecular weight is 281 g/mol. The molecule has 18 heavy (non-hydrogen) atoms. The Balaban J connectivity index is 1.90. The number of aryl methyl sites for hydroxylation is 1. The first kappa shape index (κ1) is 13.4. The summed E-state index contributed by atoms with van der Waals surface area (Å²) in [6.45, 7) is 4.72. The van der Waals surface area contributed by atoms with Crippen LogP contribution in [0.1, 0.15) is 12.5 Å². The van der Waals surface area contributed by atoms with Gasteiger partial charge in [-0.2, -0.15) is 0 Å². The van der Waals surface area contributed by atoms with Crippen molar-refractivity contribution in [1.29, 1.82) is 0 Å². The predicted molar refractivity (Wildman–Crippen MR) is 79.4 cm³/mol. The maximum atomic E-state index is 12.0. The van der Waals surface area contributed by atoms with Crippen LogP contribution in [0.15, 0.2) is 23.3 Å². The summed E-state index contributed by atoms with van der Waals surface area (Å²) in [5, 5.41) is 2.67. The number of hydrogen-bond donors (Lipinski definition) is 1. The van der Waals surface area contributed by atoms with Crippen molar-refractivity contribution >= 4 is 39.6 Å². The predicted octanol–water partition coefficient (Wildman–Crippen LogP) is 2.55. The third-order valence-electron chi connectivity index (χ3n) is 2.37. The van der Waals surface area contributed by atoms with E-state index in [1.165, 1.54) is 11.8 Å². The summed E-state index contributed by atoms with van der Waals surface area (Å²) in [5.41, 5.74) is 1.08. The summed E-state index contributed by atoms with van der Waals surface area (Å²) in [6, 6.07) is 3.76. The monoisotopic (exact) mass is 281 g/mol. The second kappa shape index (κ2) is 6.24. The fourth-order valence-electron chi connectivity index (χ4n) is 1.42. The number of carbonyl (C=O) groups is 1. The highest BCUT2D eigenvalue weighted by Crippen LogP contribution is 2.26. The lowest BCUT2D eigenvalue weighted by Crippen LogP contribution is -2.23. The van der Waals surface area contributed by atoms with E-state index in [-0.39, 0.29) is 11.2 Å². The normalized spacial score (nSPS) is 16.2. The Hall–Kier alpha value is -1.01. The Morgan fingerprint density at radius 3 is 3.11 bits per heavy atom. The summed E-state index contributed by atoms with van der Waals surface area (Å²) in [6.07, 6.45) is 1.69. The number of nitrogens with one attached hydrogen (secondary N) is 1. The molecular formula is C12H15N3OS2. The van der Waals surface area contributed by atoms with Gasteiger partial charge in [0.05, 0.1) is 11.8 Å². The Kier molecular flexibility index (Phi) is 4.66. The molecule has 1 aromatic rings. The number of hydrogen-bond acceptors (Lipinski definition) is 5. The number of pyridine rings is 1. The molecule has 1 unspecified atom stereocenters. The van der Waals surface area contributed by atoms with Crippen molar-refractivity contribution in [3.63, 3.8) is 0 Å². The van der Waals surface area contributed by atoms with Crippen LogP contribution >= 0.6 is 23.5 Å². The van der Waals surface area contributed by atoms with E-state index < -0.39 is 0 Å². The van der Waals surface area contributed by atoms with E-state index in [9.17, 15) is 4.79 Å². The topological polar surface area (TPSA) is 54.4 Å². The maximum Gasteiger partial charge on any atom is 0.238 e. The number of aromatic nitrogens is 1. The van der Waals surface area contributed by atoms with Crippen LogP contribution in [0, 0.1) is 6.92 Å². The average Bonchev–Trinajstić information content (AvgIpc) is 2.81. The third-order valence-corrected chi connectivity index (χ3v) is 4.67. The lowest BCUT2D eigenvalue weighted by molar-refractivity contribution is -0.115. The first-order valence-electron chi connectivity index (χ1n) is 5.72. The quantitative estimate of drug-likeness (QED) is 0.925. The van der Waals surface area contributed by atoms with Crippen molar-refractivity contribution in [1.82, 2.24) is 4.98 Å². The van der Waals surface area contributed by atoms with Crippen molar-refractivity contribution < 1.29 is 4.79 Å². The molecule has 0 saturated heterocycles.